The Balaban J connectivity index is 2.83. The van der Waals surface area contributed by atoms with Crippen molar-refractivity contribution in [2.24, 2.45) is 5.73 Å². The summed E-state index contributed by atoms with van der Waals surface area (Å²) in [7, 11) is 1.65. The zero-order chi connectivity index (χ0) is 12.0. The molecule has 1 atom stereocenters. The third kappa shape index (κ3) is 3.61. The van der Waals surface area contributed by atoms with Crippen molar-refractivity contribution in [2.45, 2.75) is 13.0 Å². The molecule has 90 valence electrons. The molecule has 0 amide bonds. The molecule has 0 fully saturated rings. The van der Waals surface area contributed by atoms with Crippen LogP contribution in [0, 0.1) is 0 Å². The normalized spacial score (nSPS) is 12.2. The predicted octanol–water partition coefficient (Wildman–Crippen LogP) is 2.46. The third-order valence-electron chi connectivity index (χ3n) is 2.26. The van der Waals surface area contributed by atoms with Gasteiger partial charge in [-0.25, -0.2) is 0 Å². The molecule has 0 spiro atoms. The van der Waals surface area contributed by atoms with Gasteiger partial charge in [-0.2, -0.15) is 11.8 Å². The zero-order valence-corrected chi connectivity index (χ0v) is 10.8. The van der Waals surface area contributed by atoms with Crippen LogP contribution in [-0.2, 0) is 0 Å². The van der Waals surface area contributed by atoms with Crippen molar-refractivity contribution < 1.29 is 9.47 Å². The van der Waals surface area contributed by atoms with Crippen LogP contribution in [0.1, 0.15) is 18.5 Å². The molecular weight excluding hydrogens is 222 g/mol. The van der Waals surface area contributed by atoms with Gasteiger partial charge >= 0.3 is 0 Å². The number of nitrogens with two attached hydrogens (primary N) is 1. The minimum Gasteiger partial charge on any atom is -0.497 e. The number of rotatable bonds is 6. The second-order valence-electron chi connectivity index (χ2n) is 3.53. The van der Waals surface area contributed by atoms with E-state index in [1.54, 1.807) is 18.9 Å². The lowest BCUT2D eigenvalue weighted by atomic mass is 10.1. The summed E-state index contributed by atoms with van der Waals surface area (Å²) in [5, 5.41) is 0. The Morgan fingerprint density at radius 1 is 1.44 bits per heavy atom. The summed E-state index contributed by atoms with van der Waals surface area (Å²) in [6.07, 6.45) is 2.06. The van der Waals surface area contributed by atoms with Gasteiger partial charge in [-0.15, -0.1) is 0 Å². The molecule has 1 aromatic carbocycles. The molecule has 0 saturated heterocycles. The van der Waals surface area contributed by atoms with Gasteiger partial charge in [0.2, 0.25) is 0 Å². The average Bonchev–Trinajstić information content (AvgIpc) is 2.29. The Labute approximate surface area is 101 Å². The van der Waals surface area contributed by atoms with Crippen LogP contribution in [0.2, 0.25) is 0 Å². The summed E-state index contributed by atoms with van der Waals surface area (Å²) in [5.41, 5.74) is 6.90. The maximum Gasteiger partial charge on any atom is 0.127 e. The first-order valence-corrected chi connectivity index (χ1v) is 6.63. The number of methoxy groups -OCH3 is 1. The van der Waals surface area contributed by atoms with E-state index in [0.29, 0.717) is 6.61 Å². The van der Waals surface area contributed by atoms with Crippen LogP contribution in [0.5, 0.6) is 11.5 Å². The fourth-order valence-electron chi connectivity index (χ4n) is 1.38. The van der Waals surface area contributed by atoms with Crippen LogP contribution in [0.4, 0.5) is 0 Å². The van der Waals surface area contributed by atoms with Gasteiger partial charge in [0.1, 0.15) is 11.5 Å². The van der Waals surface area contributed by atoms with Crippen molar-refractivity contribution >= 4 is 11.8 Å². The Morgan fingerprint density at radius 2 is 2.19 bits per heavy atom. The highest BCUT2D eigenvalue weighted by molar-refractivity contribution is 7.98. The van der Waals surface area contributed by atoms with Crippen LogP contribution < -0.4 is 15.2 Å². The lowest BCUT2D eigenvalue weighted by Gasteiger charge is -2.14. The van der Waals surface area contributed by atoms with Gasteiger partial charge in [-0.05, 0) is 19.2 Å². The van der Waals surface area contributed by atoms with E-state index in [1.165, 1.54) is 0 Å². The van der Waals surface area contributed by atoms with Gasteiger partial charge in [0.25, 0.3) is 0 Å². The van der Waals surface area contributed by atoms with Gasteiger partial charge in [-0.1, -0.05) is 6.07 Å². The highest BCUT2D eigenvalue weighted by atomic mass is 32.2. The molecule has 0 saturated carbocycles. The fraction of sp³-hybridized carbons (Fsp3) is 0.500. The smallest absolute Gasteiger partial charge is 0.127 e. The molecule has 0 unspecified atom stereocenters. The molecule has 0 bridgehead atoms. The van der Waals surface area contributed by atoms with Crippen molar-refractivity contribution in [1.82, 2.24) is 0 Å². The number of thioether (sulfide) groups is 1. The van der Waals surface area contributed by atoms with E-state index in [4.69, 9.17) is 15.2 Å². The first kappa shape index (κ1) is 13.2. The molecule has 0 aliphatic carbocycles. The maximum atomic E-state index is 5.88. The maximum absolute atomic E-state index is 5.88. The molecule has 1 rings (SSSR count). The van der Waals surface area contributed by atoms with Crippen LogP contribution in [0.25, 0.3) is 0 Å². The lowest BCUT2D eigenvalue weighted by molar-refractivity contribution is 0.334. The number of ether oxygens (including phenoxy) is 2. The van der Waals surface area contributed by atoms with E-state index in [9.17, 15) is 0 Å². The molecule has 0 aliphatic rings. The highest BCUT2D eigenvalue weighted by Gasteiger charge is 2.09. The molecule has 0 heterocycles. The van der Waals surface area contributed by atoms with E-state index in [2.05, 4.69) is 6.26 Å². The minimum absolute atomic E-state index is 0.0322. The van der Waals surface area contributed by atoms with Gasteiger partial charge < -0.3 is 15.2 Å². The summed E-state index contributed by atoms with van der Waals surface area (Å²) < 4.78 is 10.9. The van der Waals surface area contributed by atoms with Crippen LogP contribution >= 0.6 is 11.8 Å². The second kappa shape index (κ2) is 6.66. The van der Waals surface area contributed by atoms with E-state index in [0.717, 1.165) is 22.8 Å². The van der Waals surface area contributed by atoms with Crippen LogP contribution in [0.15, 0.2) is 18.2 Å². The van der Waals surface area contributed by atoms with E-state index in [-0.39, 0.29) is 6.04 Å². The quantitative estimate of drug-likeness (QED) is 0.777. The highest BCUT2D eigenvalue weighted by Crippen LogP contribution is 2.28. The Kier molecular flexibility index (Phi) is 5.49. The summed E-state index contributed by atoms with van der Waals surface area (Å²) in [5.74, 6) is 2.59. The predicted molar refractivity (Wildman–Crippen MR) is 69.5 cm³/mol. The third-order valence-corrected chi connectivity index (χ3v) is 2.83. The second-order valence-corrected chi connectivity index (χ2v) is 4.52. The molecule has 3 nitrogen and oxygen atoms in total. The minimum atomic E-state index is -0.0322. The molecule has 16 heavy (non-hydrogen) atoms. The van der Waals surface area contributed by atoms with Crippen molar-refractivity contribution in [3.05, 3.63) is 23.8 Å². The van der Waals surface area contributed by atoms with E-state index < -0.39 is 0 Å². The average molecular weight is 241 g/mol. The lowest BCUT2D eigenvalue weighted by Crippen LogP contribution is -2.09. The van der Waals surface area contributed by atoms with E-state index in [1.807, 2.05) is 25.1 Å². The van der Waals surface area contributed by atoms with Crippen LogP contribution in [0.3, 0.4) is 0 Å². The molecule has 0 aliphatic heterocycles. The van der Waals surface area contributed by atoms with Crippen molar-refractivity contribution in [2.75, 3.05) is 25.7 Å². The Morgan fingerprint density at radius 3 is 2.75 bits per heavy atom. The van der Waals surface area contributed by atoms with E-state index >= 15 is 0 Å². The van der Waals surface area contributed by atoms with Gasteiger partial charge in [0, 0.05) is 23.4 Å². The fourth-order valence-corrected chi connectivity index (χ4v) is 1.63. The molecule has 1 aromatic rings. The van der Waals surface area contributed by atoms with Gasteiger partial charge in [0.05, 0.1) is 13.7 Å². The molecule has 0 aromatic heterocycles. The SMILES string of the molecule is COc1ccc([C@H](C)N)c(OCCSC)c1. The molecule has 2 N–H and O–H groups in total. The van der Waals surface area contributed by atoms with Crippen molar-refractivity contribution in [1.29, 1.82) is 0 Å². The Hall–Kier alpha value is -0.870. The van der Waals surface area contributed by atoms with Crippen LogP contribution in [-0.4, -0.2) is 25.7 Å². The number of hydrogen-bond acceptors (Lipinski definition) is 4. The molecule has 4 heteroatoms. The van der Waals surface area contributed by atoms with Gasteiger partial charge in [-0.3, -0.25) is 0 Å². The topological polar surface area (TPSA) is 44.5 Å². The number of hydrogen-bond donors (Lipinski definition) is 1. The van der Waals surface area contributed by atoms with Crippen molar-refractivity contribution in [3.63, 3.8) is 0 Å². The van der Waals surface area contributed by atoms with Gasteiger partial charge in [0.15, 0.2) is 0 Å². The summed E-state index contributed by atoms with van der Waals surface area (Å²) in [4.78, 5) is 0. The first-order chi connectivity index (χ1) is 7.69. The van der Waals surface area contributed by atoms with Crippen molar-refractivity contribution in [3.8, 4) is 11.5 Å². The zero-order valence-electron chi connectivity index (χ0n) is 10.0. The Bertz CT molecular complexity index is 329. The monoisotopic (exact) mass is 241 g/mol. The standard InChI is InChI=1S/C12H19NO2S/c1-9(13)11-5-4-10(14-2)8-12(11)15-6-7-16-3/h4-5,8-9H,6-7,13H2,1-3H3/t9-/m0/s1. The summed E-state index contributed by atoms with van der Waals surface area (Å²) in [6, 6.07) is 5.71. The largest absolute Gasteiger partial charge is 0.497 e. The number of benzene rings is 1. The molecular formula is C12H19NO2S. The summed E-state index contributed by atoms with van der Waals surface area (Å²) >= 11 is 1.76. The summed E-state index contributed by atoms with van der Waals surface area (Å²) in [6.45, 7) is 2.64. The first-order valence-electron chi connectivity index (χ1n) is 5.24. The molecule has 0 radical (unpaired) electrons.